The summed E-state index contributed by atoms with van der Waals surface area (Å²) >= 11 is 0. The molecule has 1 N–H and O–H groups in total. The van der Waals surface area contributed by atoms with Crippen molar-refractivity contribution >= 4 is 21.8 Å². The normalized spacial score (nSPS) is 14.4. The number of hydrogen-bond donors (Lipinski definition) is 1. The topological polar surface area (TPSA) is 96.0 Å². The number of aryl methyl sites for hydroxylation is 1. The molecule has 8 nitrogen and oxygen atoms in total. The van der Waals surface area contributed by atoms with Gasteiger partial charge < -0.3 is 15.0 Å². The van der Waals surface area contributed by atoms with E-state index in [1.807, 2.05) is 24.3 Å². The quantitative estimate of drug-likeness (QED) is 0.318. The summed E-state index contributed by atoms with van der Waals surface area (Å²) in [4.78, 5) is 28.3. The van der Waals surface area contributed by atoms with Crippen LogP contribution in [0.5, 0.6) is 5.75 Å². The van der Waals surface area contributed by atoms with Gasteiger partial charge in [0.15, 0.2) is 0 Å². The average molecular weight is 596 g/mol. The highest BCUT2D eigenvalue weighted by Gasteiger charge is 2.28. The van der Waals surface area contributed by atoms with Gasteiger partial charge in [0.25, 0.3) is 0 Å². The first-order valence-corrected chi connectivity index (χ1v) is 15.6. The van der Waals surface area contributed by atoms with E-state index in [2.05, 4.69) is 5.32 Å². The molecule has 4 rings (SSSR count). The highest BCUT2D eigenvalue weighted by molar-refractivity contribution is 7.89. The smallest absolute Gasteiger partial charge is 0.243 e. The minimum absolute atomic E-state index is 0.128. The Hall–Kier alpha value is -3.76. The maximum atomic E-state index is 13.5. The molecule has 224 valence electrons. The number of carbonyl (C=O) groups is 2. The second-order valence-corrected chi connectivity index (χ2v) is 12.4. The molecule has 42 heavy (non-hydrogen) atoms. The van der Waals surface area contributed by atoms with Crippen molar-refractivity contribution in [2.24, 2.45) is 0 Å². The van der Waals surface area contributed by atoms with Crippen LogP contribution in [0.3, 0.4) is 0 Å². The zero-order valence-electron chi connectivity index (χ0n) is 24.1. The van der Waals surface area contributed by atoms with Gasteiger partial charge in [-0.05, 0) is 85.7 Å². The second kappa shape index (κ2) is 14.4. The lowest BCUT2D eigenvalue weighted by atomic mass is 10.1. The Bertz CT molecular complexity index is 1440. The van der Waals surface area contributed by atoms with Gasteiger partial charge in [-0.3, -0.25) is 9.59 Å². The Morgan fingerprint density at radius 1 is 0.905 bits per heavy atom. The maximum absolute atomic E-state index is 13.5. The molecule has 1 atom stereocenters. The fraction of sp³-hybridized carbons (Fsp3) is 0.375. The number of rotatable bonds is 13. The molecule has 1 aliphatic rings. The van der Waals surface area contributed by atoms with Crippen LogP contribution in [0.25, 0.3) is 0 Å². The van der Waals surface area contributed by atoms with Crippen molar-refractivity contribution in [2.75, 3.05) is 26.7 Å². The van der Waals surface area contributed by atoms with Crippen LogP contribution >= 0.6 is 0 Å². The first-order chi connectivity index (χ1) is 20.2. The van der Waals surface area contributed by atoms with E-state index >= 15 is 0 Å². The molecule has 1 fully saturated rings. The number of methoxy groups -OCH3 is 1. The van der Waals surface area contributed by atoms with E-state index in [0.717, 1.165) is 29.7 Å². The highest BCUT2D eigenvalue weighted by atomic mass is 32.2. The van der Waals surface area contributed by atoms with Crippen molar-refractivity contribution in [3.05, 3.63) is 95.3 Å². The van der Waals surface area contributed by atoms with Gasteiger partial charge >= 0.3 is 0 Å². The SMILES string of the molecule is COc1ccc(CCNC(=O)C(C)N(Cc2ccc(F)cc2)C(=O)CCc2ccc(S(=O)(=O)N3CCCC3)cc2)cc1. The first-order valence-electron chi connectivity index (χ1n) is 14.2. The summed E-state index contributed by atoms with van der Waals surface area (Å²) in [6.07, 6.45) is 2.87. The molecular formula is C32H38FN3O5S. The molecule has 0 spiro atoms. The van der Waals surface area contributed by atoms with E-state index < -0.39 is 16.1 Å². The number of nitrogens with zero attached hydrogens (tertiary/aromatic N) is 2. The van der Waals surface area contributed by atoms with Gasteiger partial charge in [0.05, 0.1) is 12.0 Å². The first kappa shape index (κ1) is 31.2. The van der Waals surface area contributed by atoms with E-state index in [1.54, 1.807) is 50.4 Å². The van der Waals surface area contributed by atoms with E-state index in [-0.39, 0.29) is 35.5 Å². The van der Waals surface area contributed by atoms with Crippen LogP contribution in [0, 0.1) is 5.82 Å². The summed E-state index contributed by atoms with van der Waals surface area (Å²) in [5, 5.41) is 2.92. The van der Waals surface area contributed by atoms with Gasteiger partial charge in [0.1, 0.15) is 17.6 Å². The summed E-state index contributed by atoms with van der Waals surface area (Å²) in [6, 6.07) is 19.3. The van der Waals surface area contributed by atoms with Crippen LogP contribution in [-0.2, 0) is 39.0 Å². The standard InChI is InChI=1S/C32H38FN3O5S/c1-24(32(38)34-20-19-26-7-14-29(41-2)15-8-26)36(23-27-5-12-28(33)13-6-27)31(37)18-11-25-9-16-30(17-10-25)42(39,40)35-21-3-4-22-35/h5-10,12-17,24H,3-4,11,18-23H2,1-2H3,(H,34,38). The predicted octanol–water partition coefficient (Wildman–Crippen LogP) is 4.33. The van der Waals surface area contributed by atoms with Gasteiger partial charge in [0, 0.05) is 32.6 Å². The van der Waals surface area contributed by atoms with Crippen LogP contribution in [0.15, 0.2) is 77.7 Å². The molecule has 0 aliphatic carbocycles. The number of sulfonamides is 1. The fourth-order valence-electron chi connectivity index (χ4n) is 4.94. The van der Waals surface area contributed by atoms with E-state index in [4.69, 9.17) is 4.74 Å². The van der Waals surface area contributed by atoms with Gasteiger partial charge in [-0.2, -0.15) is 4.31 Å². The third kappa shape index (κ3) is 8.17. The number of nitrogens with one attached hydrogen (secondary N) is 1. The van der Waals surface area contributed by atoms with Gasteiger partial charge in [-0.25, -0.2) is 12.8 Å². The van der Waals surface area contributed by atoms with E-state index in [1.165, 1.54) is 21.3 Å². The summed E-state index contributed by atoms with van der Waals surface area (Å²) in [7, 11) is -1.90. The molecule has 1 aliphatic heterocycles. The average Bonchev–Trinajstić information content (AvgIpc) is 3.56. The molecule has 0 saturated carbocycles. The lowest BCUT2D eigenvalue weighted by Crippen LogP contribution is -2.48. The Balaban J connectivity index is 1.38. The molecule has 3 aromatic carbocycles. The van der Waals surface area contributed by atoms with Crippen molar-refractivity contribution in [1.82, 2.24) is 14.5 Å². The molecule has 3 aromatic rings. The largest absolute Gasteiger partial charge is 0.497 e. The number of hydrogen-bond acceptors (Lipinski definition) is 5. The number of ether oxygens (including phenoxy) is 1. The summed E-state index contributed by atoms with van der Waals surface area (Å²) in [5.41, 5.74) is 2.57. The molecule has 0 radical (unpaired) electrons. The molecule has 1 heterocycles. The summed E-state index contributed by atoms with van der Waals surface area (Å²) in [6.45, 7) is 3.31. The molecule has 1 unspecified atom stereocenters. The molecule has 2 amide bonds. The molecule has 10 heteroatoms. The van der Waals surface area contributed by atoms with Gasteiger partial charge in [0.2, 0.25) is 21.8 Å². The Morgan fingerprint density at radius 3 is 2.10 bits per heavy atom. The van der Waals surface area contributed by atoms with Crippen LogP contribution in [0.4, 0.5) is 4.39 Å². The van der Waals surface area contributed by atoms with E-state index in [0.29, 0.717) is 38.0 Å². The summed E-state index contributed by atoms with van der Waals surface area (Å²) < 4.78 is 45.8. The fourth-order valence-corrected chi connectivity index (χ4v) is 6.46. The van der Waals surface area contributed by atoms with Crippen LogP contribution in [0.1, 0.15) is 42.9 Å². The number of benzene rings is 3. The monoisotopic (exact) mass is 595 g/mol. The predicted molar refractivity (Wildman–Crippen MR) is 159 cm³/mol. The lowest BCUT2D eigenvalue weighted by Gasteiger charge is -2.29. The minimum atomic E-state index is -3.51. The lowest BCUT2D eigenvalue weighted by molar-refractivity contribution is -0.140. The van der Waals surface area contributed by atoms with Crippen molar-refractivity contribution < 1.29 is 27.1 Å². The van der Waals surface area contributed by atoms with Crippen LogP contribution < -0.4 is 10.1 Å². The van der Waals surface area contributed by atoms with E-state index in [9.17, 15) is 22.4 Å². The van der Waals surface area contributed by atoms with Gasteiger partial charge in [-0.15, -0.1) is 0 Å². The van der Waals surface area contributed by atoms with Gasteiger partial charge in [-0.1, -0.05) is 36.4 Å². The minimum Gasteiger partial charge on any atom is -0.497 e. The van der Waals surface area contributed by atoms with Crippen molar-refractivity contribution in [3.63, 3.8) is 0 Å². The zero-order chi connectivity index (χ0) is 30.1. The van der Waals surface area contributed by atoms with Crippen LogP contribution in [0.2, 0.25) is 0 Å². The highest BCUT2D eigenvalue weighted by Crippen LogP contribution is 2.22. The van der Waals surface area contributed by atoms with Crippen molar-refractivity contribution in [2.45, 2.75) is 56.5 Å². The van der Waals surface area contributed by atoms with Crippen molar-refractivity contribution in [1.29, 1.82) is 0 Å². The number of carbonyl (C=O) groups excluding carboxylic acids is 2. The molecular weight excluding hydrogens is 557 g/mol. The second-order valence-electron chi connectivity index (χ2n) is 10.5. The number of amides is 2. The zero-order valence-corrected chi connectivity index (χ0v) is 24.9. The molecule has 1 saturated heterocycles. The Kier molecular flexibility index (Phi) is 10.7. The summed E-state index contributed by atoms with van der Waals surface area (Å²) in [5.74, 6) is -0.133. The van der Waals surface area contributed by atoms with Crippen LogP contribution in [-0.4, -0.2) is 62.2 Å². The maximum Gasteiger partial charge on any atom is 0.243 e. The Morgan fingerprint density at radius 2 is 1.48 bits per heavy atom. The third-order valence-electron chi connectivity index (χ3n) is 7.56. The molecule has 0 bridgehead atoms. The third-order valence-corrected chi connectivity index (χ3v) is 9.47. The Labute approximate surface area is 247 Å². The number of halogens is 1. The molecule has 0 aromatic heterocycles. The van der Waals surface area contributed by atoms with Crippen molar-refractivity contribution in [3.8, 4) is 5.75 Å².